The third kappa shape index (κ3) is 6.91. The summed E-state index contributed by atoms with van der Waals surface area (Å²) in [6, 6.07) is 9.30. The minimum absolute atomic E-state index is 0.0491. The lowest BCUT2D eigenvalue weighted by Crippen LogP contribution is -2.28. The molecule has 4 rings (SSSR count). The van der Waals surface area contributed by atoms with Crippen molar-refractivity contribution in [1.29, 1.82) is 0 Å². The number of rotatable bonds is 6. The molecule has 3 aromatic carbocycles. The Hall–Kier alpha value is -3.54. The second-order valence-corrected chi connectivity index (χ2v) is 11.7. The van der Waals surface area contributed by atoms with Gasteiger partial charge in [-0.2, -0.15) is 0 Å². The molecule has 1 aliphatic carbocycles. The normalized spacial score (nSPS) is 17.3. The minimum Gasteiger partial charge on any atom is -0.444 e. The van der Waals surface area contributed by atoms with Gasteiger partial charge in [0.2, 0.25) is 5.91 Å². The summed E-state index contributed by atoms with van der Waals surface area (Å²) >= 11 is 18.0. The Morgan fingerprint density at radius 3 is 2.14 bits per heavy atom. The highest BCUT2D eigenvalue weighted by Crippen LogP contribution is 2.62. The van der Waals surface area contributed by atoms with Crippen LogP contribution in [0, 0.1) is 17.6 Å². The van der Waals surface area contributed by atoms with Crippen LogP contribution in [-0.4, -0.2) is 29.4 Å². The molecule has 1 saturated carbocycles. The molecule has 222 valence electrons. The summed E-state index contributed by atoms with van der Waals surface area (Å²) in [7, 11) is 0. The number of ether oxygens (including phenoxy) is 1. The van der Waals surface area contributed by atoms with Crippen molar-refractivity contribution in [3.05, 3.63) is 86.4 Å². The molecule has 0 heterocycles. The molecule has 0 radical (unpaired) electrons. The van der Waals surface area contributed by atoms with Crippen molar-refractivity contribution in [3.8, 4) is 0 Å². The number of carbonyl (C=O) groups excluding carboxylic acids is 3. The van der Waals surface area contributed by atoms with Crippen LogP contribution in [-0.2, 0) is 9.53 Å². The first-order chi connectivity index (χ1) is 19.5. The van der Waals surface area contributed by atoms with E-state index in [0.717, 1.165) is 18.2 Å². The highest BCUT2D eigenvalue weighted by atomic mass is 35.5. The summed E-state index contributed by atoms with van der Waals surface area (Å²) in [5, 5.41) is 6.66. The van der Waals surface area contributed by atoms with Crippen LogP contribution in [0.25, 0.3) is 0 Å². The molecule has 0 bridgehead atoms. The molecule has 0 saturated heterocycles. The molecular weight excluding hydrogens is 625 g/mol. The van der Waals surface area contributed by atoms with Crippen molar-refractivity contribution in [2.24, 2.45) is 5.92 Å². The lowest BCUT2D eigenvalue weighted by atomic mass is 10.1. The molecule has 42 heavy (non-hydrogen) atoms. The predicted octanol–water partition coefficient (Wildman–Crippen LogP) is 8.51. The Labute approximate surface area is 252 Å². The van der Waals surface area contributed by atoms with Crippen LogP contribution in [0.4, 0.5) is 39.4 Å². The summed E-state index contributed by atoms with van der Waals surface area (Å²) in [6.07, 6.45) is -1.13. The van der Waals surface area contributed by atoms with E-state index < -0.39 is 64.3 Å². The third-order valence-corrected chi connectivity index (χ3v) is 6.79. The number of amides is 3. The van der Waals surface area contributed by atoms with E-state index in [9.17, 15) is 27.6 Å². The number of alkyl halides is 2. The molecule has 0 spiro atoms. The van der Waals surface area contributed by atoms with Crippen LogP contribution in [0.5, 0.6) is 0 Å². The number of hydrogen-bond donors (Lipinski definition) is 3. The quantitative estimate of drug-likeness (QED) is 0.234. The second kappa shape index (κ2) is 11.6. The van der Waals surface area contributed by atoms with Gasteiger partial charge in [-0.3, -0.25) is 14.9 Å². The Balaban J connectivity index is 1.50. The molecule has 7 nitrogen and oxygen atoms in total. The van der Waals surface area contributed by atoms with Gasteiger partial charge in [-0.25, -0.2) is 22.4 Å². The molecular formula is C28H22Cl3F4N3O4. The van der Waals surface area contributed by atoms with Crippen molar-refractivity contribution >= 4 is 69.8 Å². The van der Waals surface area contributed by atoms with Crippen molar-refractivity contribution in [2.75, 3.05) is 16.0 Å². The van der Waals surface area contributed by atoms with E-state index >= 15 is 4.39 Å². The molecule has 2 atom stereocenters. The third-order valence-electron chi connectivity index (χ3n) is 6.02. The average molecular weight is 647 g/mol. The highest BCUT2D eigenvalue weighted by Gasteiger charge is 2.72. The molecule has 1 aliphatic rings. The zero-order valence-corrected chi connectivity index (χ0v) is 24.3. The molecule has 2 unspecified atom stereocenters. The summed E-state index contributed by atoms with van der Waals surface area (Å²) in [4.78, 5) is 37.7. The van der Waals surface area contributed by atoms with E-state index in [-0.39, 0.29) is 31.9 Å². The van der Waals surface area contributed by atoms with Gasteiger partial charge in [0.05, 0.1) is 22.2 Å². The van der Waals surface area contributed by atoms with E-state index in [0.29, 0.717) is 0 Å². The maximum Gasteiger partial charge on any atom is 0.412 e. The standard InChI is InChI=1S/C28H22Cl3F4N3O4/c1-27(2,3)42-26(41)38-23-18(32)6-7-19(22(23)33)37-24(39)16-11-15(4-5-17(16)31)36-25(40)21-20(28(21,34)35)12-8-13(29)10-14(30)9-12/h4-11,20-21H,1-3H3,(H,36,40)(H,37,39)(H,38,41). The number of anilines is 3. The van der Waals surface area contributed by atoms with Crippen LogP contribution >= 0.6 is 34.8 Å². The van der Waals surface area contributed by atoms with E-state index in [1.165, 1.54) is 30.3 Å². The van der Waals surface area contributed by atoms with Gasteiger partial charge in [-0.15, -0.1) is 0 Å². The summed E-state index contributed by atoms with van der Waals surface area (Å²) < 4.78 is 63.5. The van der Waals surface area contributed by atoms with Crippen LogP contribution in [0.2, 0.25) is 15.1 Å². The minimum atomic E-state index is -3.38. The van der Waals surface area contributed by atoms with Gasteiger partial charge in [-0.1, -0.05) is 34.8 Å². The monoisotopic (exact) mass is 645 g/mol. The maximum atomic E-state index is 15.0. The fourth-order valence-corrected chi connectivity index (χ4v) is 4.92. The zero-order chi connectivity index (χ0) is 31.1. The predicted molar refractivity (Wildman–Crippen MR) is 152 cm³/mol. The number of nitrogens with one attached hydrogen (secondary N) is 3. The molecule has 14 heteroatoms. The van der Waals surface area contributed by atoms with Crippen molar-refractivity contribution in [1.82, 2.24) is 0 Å². The molecule has 1 fully saturated rings. The van der Waals surface area contributed by atoms with Gasteiger partial charge in [-0.05, 0) is 74.9 Å². The highest BCUT2D eigenvalue weighted by molar-refractivity contribution is 6.35. The summed E-state index contributed by atoms with van der Waals surface area (Å²) in [6.45, 7) is 4.67. The molecule has 0 aliphatic heterocycles. The lowest BCUT2D eigenvalue weighted by Gasteiger charge is -2.20. The van der Waals surface area contributed by atoms with Crippen LogP contribution < -0.4 is 16.0 Å². The van der Waals surface area contributed by atoms with E-state index in [1.807, 2.05) is 5.32 Å². The first-order valence-corrected chi connectivity index (χ1v) is 13.3. The SMILES string of the molecule is CC(C)(C)OC(=O)Nc1c(F)ccc(NC(=O)c2cc(NC(=O)C3C(c4cc(Cl)cc(Cl)c4)C3(F)F)ccc2Cl)c1F. The van der Waals surface area contributed by atoms with Gasteiger partial charge in [0.1, 0.15) is 23.0 Å². The smallest absolute Gasteiger partial charge is 0.412 e. The number of benzene rings is 3. The fourth-order valence-electron chi connectivity index (χ4n) is 4.18. The fraction of sp³-hybridized carbons (Fsp3) is 0.250. The van der Waals surface area contributed by atoms with Gasteiger partial charge in [0, 0.05) is 15.7 Å². The van der Waals surface area contributed by atoms with Gasteiger partial charge < -0.3 is 15.4 Å². The van der Waals surface area contributed by atoms with Gasteiger partial charge in [0.25, 0.3) is 11.8 Å². The first kappa shape index (κ1) is 31.4. The largest absolute Gasteiger partial charge is 0.444 e. The zero-order valence-electron chi connectivity index (χ0n) is 22.1. The molecule has 3 N–H and O–H groups in total. The first-order valence-electron chi connectivity index (χ1n) is 12.2. The Morgan fingerprint density at radius 2 is 1.52 bits per heavy atom. The summed E-state index contributed by atoms with van der Waals surface area (Å²) in [5.74, 6) is -11.0. The van der Waals surface area contributed by atoms with Crippen LogP contribution in [0.3, 0.4) is 0 Å². The second-order valence-electron chi connectivity index (χ2n) is 10.4. The topological polar surface area (TPSA) is 96.5 Å². The van der Waals surface area contributed by atoms with Gasteiger partial charge >= 0.3 is 6.09 Å². The average Bonchev–Trinajstić information content (AvgIpc) is 3.45. The lowest BCUT2D eigenvalue weighted by molar-refractivity contribution is -0.119. The number of carbonyl (C=O) groups is 3. The molecule has 3 aromatic rings. The Bertz CT molecular complexity index is 1580. The number of halogens is 7. The van der Waals surface area contributed by atoms with Gasteiger partial charge in [0.15, 0.2) is 5.82 Å². The Kier molecular flexibility index (Phi) is 8.69. The van der Waals surface area contributed by atoms with E-state index in [2.05, 4.69) is 10.6 Å². The molecule has 0 aromatic heterocycles. The summed E-state index contributed by atoms with van der Waals surface area (Å²) in [5.41, 5.74) is -2.55. The maximum absolute atomic E-state index is 15.0. The van der Waals surface area contributed by atoms with Crippen molar-refractivity contribution in [2.45, 2.75) is 38.2 Å². The molecule has 3 amide bonds. The van der Waals surface area contributed by atoms with E-state index in [4.69, 9.17) is 39.5 Å². The van der Waals surface area contributed by atoms with Crippen LogP contribution in [0.15, 0.2) is 48.5 Å². The van der Waals surface area contributed by atoms with Crippen molar-refractivity contribution < 1.29 is 36.7 Å². The van der Waals surface area contributed by atoms with Crippen molar-refractivity contribution in [3.63, 3.8) is 0 Å². The number of hydrogen-bond acceptors (Lipinski definition) is 4. The van der Waals surface area contributed by atoms with Crippen LogP contribution in [0.1, 0.15) is 42.6 Å². The Morgan fingerprint density at radius 1 is 0.881 bits per heavy atom. The van der Waals surface area contributed by atoms with E-state index in [1.54, 1.807) is 20.8 Å².